The standard InChI is InChI=1S/C13H12ClNO4S2/c1-8(9-2-4-10(14)5-3-9)15-21(18,19)11-6-12(13(16)17)20-7-11/h2-8,15H,1H3,(H,16,17)/t8-/m0/s1. The smallest absolute Gasteiger partial charge is 0.345 e. The minimum Gasteiger partial charge on any atom is -0.477 e. The molecular formula is C13H12ClNO4S2. The van der Waals surface area contributed by atoms with Crippen molar-refractivity contribution in [2.75, 3.05) is 0 Å². The molecule has 0 aliphatic carbocycles. The van der Waals surface area contributed by atoms with E-state index in [1.807, 2.05) is 0 Å². The summed E-state index contributed by atoms with van der Waals surface area (Å²) in [5, 5.41) is 10.7. The molecule has 0 radical (unpaired) electrons. The zero-order chi connectivity index (χ0) is 15.6. The van der Waals surface area contributed by atoms with Crippen LogP contribution in [0.4, 0.5) is 0 Å². The van der Waals surface area contributed by atoms with Crippen molar-refractivity contribution in [1.29, 1.82) is 0 Å². The highest BCUT2D eigenvalue weighted by molar-refractivity contribution is 7.89. The molecule has 0 bridgehead atoms. The Morgan fingerprint density at radius 3 is 2.48 bits per heavy atom. The summed E-state index contributed by atoms with van der Waals surface area (Å²) in [5.41, 5.74) is 0.761. The summed E-state index contributed by atoms with van der Waals surface area (Å²) in [5.74, 6) is -1.15. The molecule has 1 heterocycles. The largest absolute Gasteiger partial charge is 0.477 e. The first-order valence-electron chi connectivity index (χ1n) is 5.89. The lowest BCUT2D eigenvalue weighted by molar-refractivity contribution is 0.0702. The van der Waals surface area contributed by atoms with Crippen LogP contribution in [0.1, 0.15) is 28.2 Å². The predicted octanol–water partition coefficient (Wildman–Crippen LogP) is 3.14. The molecule has 8 heteroatoms. The summed E-state index contributed by atoms with van der Waals surface area (Å²) >= 11 is 6.66. The van der Waals surface area contributed by atoms with Gasteiger partial charge in [-0.05, 0) is 30.7 Å². The lowest BCUT2D eigenvalue weighted by atomic mass is 10.1. The SMILES string of the molecule is C[C@H](NS(=O)(=O)c1csc(C(=O)O)c1)c1ccc(Cl)cc1. The number of benzene rings is 1. The molecule has 0 spiro atoms. The fourth-order valence-electron chi connectivity index (χ4n) is 1.69. The number of carboxylic acid groups (broad SMARTS) is 1. The summed E-state index contributed by atoms with van der Waals surface area (Å²) in [6.45, 7) is 1.70. The zero-order valence-corrected chi connectivity index (χ0v) is 13.3. The van der Waals surface area contributed by atoms with Gasteiger partial charge in [-0.2, -0.15) is 0 Å². The van der Waals surface area contributed by atoms with Gasteiger partial charge in [0.1, 0.15) is 4.88 Å². The predicted molar refractivity (Wildman–Crippen MR) is 81.5 cm³/mol. The molecule has 1 aromatic carbocycles. The number of thiophene rings is 1. The molecule has 21 heavy (non-hydrogen) atoms. The van der Waals surface area contributed by atoms with E-state index in [0.717, 1.165) is 23.0 Å². The summed E-state index contributed by atoms with van der Waals surface area (Å²) < 4.78 is 26.9. The molecule has 5 nitrogen and oxygen atoms in total. The highest BCUT2D eigenvalue weighted by Crippen LogP contribution is 2.22. The van der Waals surface area contributed by atoms with Gasteiger partial charge in [0.05, 0.1) is 4.90 Å². The van der Waals surface area contributed by atoms with Crippen molar-refractivity contribution in [2.24, 2.45) is 0 Å². The molecule has 0 fully saturated rings. The van der Waals surface area contributed by atoms with Crippen molar-refractivity contribution in [2.45, 2.75) is 17.9 Å². The van der Waals surface area contributed by atoms with Crippen LogP contribution in [0.15, 0.2) is 40.6 Å². The number of hydrogen-bond acceptors (Lipinski definition) is 4. The summed E-state index contributed by atoms with van der Waals surface area (Å²) in [6, 6.07) is 7.49. The van der Waals surface area contributed by atoms with E-state index in [1.165, 1.54) is 5.38 Å². The van der Waals surface area contributed by atoms with Gasteiger partial charge in [0, 0.05) is 16.4 Å². The van der Waals surface area contributed by atoms with Crippen molar-refractivity contribution >= 4 is 38.9 Å². The maximum Gasteiger partial charge on any atom is 0.345 e. The highest BCUT2D eigenvalue weighted by Gasteiger charge is 2.21. The molecule has 1 aromatic heterocycles. The molecule has 0 amide bonds. The number of carbonyl (C=O) groups is 1. The monoisotopic (exact) mass is 345 g/mol. The highest BCUT2D eigenvalue weighted by atomic mass is 35.5. The van der Waals surface area contributed by atoms with Crippen LogP contribution in [-0.2, 0) is 10.0 Å². The lowest BCUT2D eigenvalue weighted by Crippen LogP contribution is -2.26. The van der Waals surface area contributed by atoms with Crippen LogP contribution in [0.25, 0.3) is 0 Å². The van der Waals surface area contributed by atoms with Crippen molar-refractivity contribution in [3.05, 3.63) is 51.2 Å². The van der Waals surface area contributed by atoms with Gasteiger partial charge < -0.3 is 5.11 Å². The Bertz CT molecular complexity index is 753. The van der Waals surface area contributed by atoms with Gasteiger partial charge in [0.25, 0.3) is 0 Å². The number of carboxylic acids is 1. The van der Waals surface area contributed by atoms with Crippen molar-refractivity contribution in [3.8, 4) is 0 Å². The Morgan fingerprint density at radius 2 is 1.95 bits per heavy atom. The van der Waals surface area contributed by atoms with E-state index in [0.29, 0.717) is 5.02 Å². The van der Waals surface area contributed by atoms with E-state index in [2.05, 4.69) is 4.72 Å². The van der Waals surface area contributed by atoms with Crippen LogP contribution in [0.5, 0.6) is 0 Å². The molecular weight excluding hydrogens is 334 g/mol. The number of sulfonamides is 1. The first-order valence-corrected chi connectivity index (χ1v) is 8.63. The quantitative estimate of drug-likeness (QED) is 0.872. The van der Waals surface area contributed by atoms with Gasteiger partial charge in [-0.25, -0.2) is 17.9 Å². The van der Waals surface area contributed by atoms with Gasteiger partial charge in [-0.1, -0.05) is 23.7 Å². The van der Waals surface area contributed by atoms with Crippen molar-refractivity contribution in [1.82, 2.24) is 4.72 Å². The maximum atomic E-state index is 12.2. The molecule has 0 aliphatic heterocycles. The Hall–Kier alpha value is -1.41. The molecule has 0 saturated carbocycles. The molecule has 1 atom stereocenters. The molecule has 112 valence electrons. The average molecular weight is 346 g/mol. The number of nitrogens with one attached hydrogen (secondary N) is 1. The maximum absolute atomic E-state index is 12.2. The average Bonchev–Trinajstić information content (AvgIpc) is 2.89. The van der Waals surface area contributed by atoms with Crippen LogP contribution in [0.3, 0.4) is 0 Å². The first-order chi connectivity index (χ1) is 9.79. The first kappa shape index (κ1) is 16.0. The molecule has 2 aromatic rings. The third-order valence-corrected chi connectivity index (χ3v) is 5.64. The minimum absolute atomic E-state index is 0.0190. The summed E-state index contributed by atoms with van der Waals surface area (Å²) in [7, 11) is -3.77. The molecule has 2 rings (SSSR count). The molecule has 2 N–H and O–H groups in total. The Morgan fingerprint density at radius 1 is 1.33 bits per heavy atom. The second-order valence-electron chi connectivity index (χ2n) is 4.35. The third-order valence-electron chi connectivity index (χ3n) is 2.80. The van der Waals surface area contributed by atoms with Gasteiger partial charge in [-0.3, -0.25) is 0 Å². The van der Waals surface area contributed by atoms with Crippen molar-refractivity contribution < 1.29 is 18.3 Å². The fourth-order valence-corrected chi connectivity index (χ4v) is 4.16. The lowest BCUT2D eigenvalue weighted by Gasteiger charge is -2.14. The minimum atomic E-state index is -3.77. The van der Waals surface area contributed by atoms with E-state index >= 15 is 0 Å². The Balaban J connectivity index is 2.20. The van der Waals surface area contributed by atoms with Crippen molar-refractivity contribution in [3.63, 3.8) is 0 Å². The second kappa shape index (κ2) is 6.15. The van der Waals surface area contributed by atoms with Gasteiger partial charge >= 0.3 is 5.97 Å². The fraction of sp³-hybridized carbons (Fsp3) is 0.154. The van der Waals surface area contributed by atoms with Gasteiger partial charge in [-0.15, -0.1) is 11.3 Å². The van der Waals surface area contributed by atoms with Crippen LogP contribution >= 0.6 is 22.9 Å². The molecule has 0 saturated heterocycles. The van der Waals surface area contributed by atoms with Crippen LogP contribution in [0, 0.1) is 0 Å². The third kappa shape index (κ3) is 3.82. The van der Waals surface area contributed by atoms with Gasteiger partial charge in [0.15, 0.2) is 0 Å². The number of rotatable bonds is 5. The molecule has 0 unspecified atom stereocenters. The van der Waals surface area contributed by atoms with Gasteiger partial charge in [0.2, 0.25) is 10.0 Å². The summed E-state index contributed by atoms with van der Waals surface area (Å²) in [4.78, 5) is 10.7. The Kier molecular flexibility index (Phi) is 4.67. The molecule has 0 aliphatic rings. The Labute approximate surface area is 131 Å². The normalized spacial score (nSPS) is 13.0. The van der Waals surface area contributed by atoms with E-state index in [-0.39, 0.29) is 9.77 Å². The van der Waals surface area contributed by atoms with Crippen LogP contribution < -0.4 is 4.72 Å². The van der Waals surface area contributed by atoms with E-state index < -0.39 is 22.0 Å². The summed E-state index contributed by atoms with van der Waals surface area (Å²) in [6.07, 6.45) is 0. The van der Waals surface area contributed by atoms with E-state index in [9.17, 15) is 13.2 Å². The van der Waals surface area contributed by atoms with E-state index in [4.69, 9.17) is 16.7 Å². The number of aromatic carboxylic acids is 1. The zero-order valence-electron chi connectivity index (χ0n) is 10.9. The van der Waals surface area contributed by atoms with Crippen LogP contribution in [0.2, 0.25) is 5.02 Å². The van der Waals surface area contributed by atoms with Crippen LogP contribution in [-0.4, -0.2) is 19.5 Å². The number of hydrogen-bond donors (Lipinski definition) is 2. The topological polar surface area (TPSA) is 83.5 Å². The second-order valence-corrected chi connectivity index (χ2v) is 7.41. The number of halogens is 1. The van der Waals surface area contributed by atoms with E-state index in [1.54, 1.807) is 31.2 Å².